The fraction of sp³-hybridized carbons (Fsp3) is 0.440. The number of likely N-dealkylation sites (tertiary alicyclic amines) is 1. The molecule has 1 aromatic heterocycles. The highest BCUT2D eigenvalue weighted by molar-refractivity contribution is 6.31. The topological polar surface area (TPSA) is 91.7 Å². The van der Waals surface area contributed by atoms with E-state index in [4.69, 9.17) is 0 Å². The van der Waals surface area contributed by atoms with E-state index in [1.807, 2.05) is 39.9 Å². The number of nitrogens with zero attached hydrogens (tertiary/aromatic N) is 3. The standard InChI is InChI=1S/C25H28N4O4/c30-22(27-12-6-7-13-27)16-28-15-17(19-10-4-5-11-21(19)28)14-20-23(31)26-25(33)29(24(20)32)18-8-2-1-3-9-18/h4-5,10-11,14-15,18H,1-3,6-9,12-13,16H2,(H,26,31,33)/b20-14+. The lowest BCUT2D eigenvalue weighted by Gasteiger charge is -2.35. The van der Waals surface area contributed by atoms with Gasteiger partial charge in [0.15, 0.2) is 0 Å². The molecule has 0 bridgehead atoms. The maximum Gasteiger partial charge on any atom is 0.331 e. The Bertz CT molecular complexity index is 1150. The molecule has 1 N–H and O–H groups in total. The highest BCUT2D eigenvalue weighted by Gasteiger charge is 2.40. The largest absolute Gasteiger partial charge is 0.341 e. The molecule has 1 saturated carbocycles. The van der Waals surface area contributed by atoms with E-state index < -0.39 is 17.8 Å². The van der Waals surface area contributed by atoms with Crippen LogP contribution >= 0.6 is 0 Å². The summed E-state index contributed by atoms with van der Waals surface area (Å²) >= 11 is 0. The number of fused-ring (bicyclic) bond motifs is 1. The Hall–Kier alpha value is -3.42. The molecule has 2 aromatic rings. The number of benzene rings is 1. The SMILES string of the molecule is O=C1NC(=O)N(C2CCCCC2)C(=O)/C1=C/c1cn(CC(=O)N2CCCC2)c2ccccc12. The van der Waals surface area contributed by atoms with Crippen LogP contribution in [0.2, 0.25) is 0 Å². The summed E-state index contributed by atoms with van der Waals surface area (Å²) in [6, 6.07) is 6.81. The number of rotatable bonds is 4. The van der Waals surface area contributed by atoms with Gasteiger partial charge in [-0.25, -0.2) is 4.79 Å². The van der Waals surface area contributed by atoms with Crippen LogP contribution in [-0.4, -0.2) is 57.3 Å². The number of carbonyl (C=O) groups is 4. The molecule has 3 fully saturated rings. The third-order valence-corrected chi connectivity index (χ3v) is 6.96. The minimum absolute atomic E-state index is 0.0473. The van der Waals surface area contributed by atoms with E-state index in [0.29, 0.717) is 5.56 Å². The first-order valence-electron chi connectivity index (χ1n) is 11.8. The predicted molar refractivity (Wildman–Crippen MR) is 123 cm³/mol. The summed E-state index contributed by atoms with van der Waals surface area (Å²) in [7, 11) is 0. The number of para-hydroxylation sites is 1. The van der Waals surface area contributed by atoms with Crippen molar-refractivity contribution in [2.24, 2.45) is 0 Å². The van der Waals surface area contributed by atoms with E-state index in [-0.39, 0.29) is 24.1 Å². The Morgan fingerprint density at radius 3 is 2.48 bits per heavy atom. The van der Waals surface area contributed by atoms with Gasteiger partial charge >= 0.3 is 6.03 Å². The Balaban J connectivity index is 1.48. The van der Waals surface area contributed by atoms with Crippen LogP contribution in [0.15, 0.2) is 36.0 Å². The smallest absolute Gasteiger partial charge is 0.331 e. The van der Waals surface area contributed by atoms with Crippen LogP contribution in [0.25, 0.3) is 17.0 Å². The zero-order valence-corrected chi connectivity index (χ0v) is 18.6. The van der Waals surface area contributed by atoms with Crippen LogP contribution in [0.4, 0.5) is 4.79 Å². The molecule has 1 aliphatic carbocycles. The van der Waals surface area contributed by atoms with Gasteiger partial charge in [0.05, 0.1) is 0 Å². The second kappa shape index (κ2) is 8.84. The fourth-order valence-corrected chi connectivity index (χ4v) is 5.23. The lowest BCUT2D eigenvalue weighted by atomic mass is 9.93. The lowest BCUT2D eigenvalue weighted by Crippen LogP contribution is -2.58. The molecule has 5 amide bonds. The maximum absolute atomic E-state index is 13.3. The van der Waals surface area contributed by atoms with Gasteiger partial charge in [0.2, 0.25) is 5.91 Å². The van der Waals surface area contributed by atoms with E-state index in [2.05, 4.69) is 5.32 Å². The van der Waals surface area contributed by atoms with Crippen LogP contribution in [0, 0.1) is 0 Å². The first-order valence-corrected chi connectivity index (χ1v) is 11.8. The Labute approximate surface area is 192 Å². The number of amides is 5. The second-order valence-corrected chi connectivity index (χ2v) is 9.10. The number of hydrogen-bond donors (Lipinski definition) is 1. The molecule has 0 unspecified atom stereocenters. The van der Waals surface area contributed by atoms with Gasteiger partial charge in [0.25, 0.3) is 11.8 Å². The molecule has 0 radical (unpaired) electrons. The summed E-state index contributed by atoms with van der Waals surface area (Å²) in [6.07, 6.45) is 9.98. The Kier molecular flexibility index (Phi) is 5.74. The van der Waals surface area contributed by atoms with Crippen LogP contribution in [0.5, 0.6) is 0 Å². The number of urea groups is 1. The molecule has 33 heavy (non-hydrogen) atoms. The molecule has 3 aliphatic rings. The van der Waals surface area contributed by atoms with Crippen molar-refractivity contribution >= 4 is 40.7 Å². The van der Waals surface area contributed by atoms with Crippen molar-refractivity contribution in [1.29, 1.82) is 0 Å². The number of hydrogen-bond acceptors (Lipinski definition) is 4. The molecule has 5 rings (SSSR count). The van der Waals surface area contributed by atoms with Gasteiger partial charge in [0.1, 0.15) is 12.1 Å². The molecule has 0 spiro atoms. The van der Waals surface area contributed by atoms with Gasteiger partial charge < -0.3 is 9.47 Å². The van der Waals surface area contributed by atoms with Gasteiger partial charge in [-0.05, 0) is 37.8 Å². The maximum atomic E-state index is 13.3. The average Bonchev–Trinajstić information content (AvgIpc) is 3.46. The number of imide groups is 2. The van der Waals surface area contributed by atoms with E-state index in [9.17, 15) is 19.2 Å². The Morgan fingerprint density at radius 2 is 1.73 bits per heavy atom. The number of aromatic nitrogens is 1. The number of barbiturate groups is 1. The summed E-state index contributed by atoms with van der Waals surface area (Å²) in [5.74, 6) is -1.16. The van der Waals surface area contributed by atoms with Gasteiger partial charge in [-0.15, -0.1) is 0 Å². The van der Waals surface area contributed by atoms with Crippen molar-refractivity contribution in [2.45, 2.75) is 57.5 Å². The first kappa shape index (κ1) is 21.4. The average molecular weight is 449 g/mol. The molecule has 172 valence electrons. The van der Waals surface area contributed by atoms with E-state index in [1.165, 1.54) is 4.90 Å². The summed E-state index contributed by atoms with van der Waals surface area (Å²) in [4.78, 5) is 54.2. The monoisotopic (exact) mass is 448 g/mol. The highest BCUT2D eigenvalue weighted by Crippen LogP contribution is 2.28. The van der Waals surface area contributed by atoms with Gasteiger partial charge in [-0.3, -0.25) is 24.6 Å². The van der Waals surface area contributed by atoms with Crippen LogP contribution < -0.4 is 5.32 Å². The van der Waals surface area contributed by atoms with Crippen LogP contribution in [-0.2, 0) is 20.9 Å². The van der Waals surface area contributed by atoms with Crippen LogP contribution in [0.3, 0.4) is 0 Å². The zero-order chi connectivity index (χ0) is 22.9. The summed E-state index contributed by atoms with van der Waals surface area (Å²) in [5.41, 5.74) is 1.49. The van der Waals surface area contributed by atoms with Crippen molar-refractivity contribution < 1.29 is 19.2 Å². The quantitative estimate of drug-likeness (QED) is 0.575. The normalized spacial score (nSPS) is 21.3. The highest BCUT2D eigenvalue weighted by atomic mass is 16.2. The molecule has 8 nitrogen and oxygen atoms in total. The van der Waals surface area contributed by atoms with E-state index >= 15 is 0 Å². The molecule has 1 aromatic carbocycles. The third kappa shape index (κ3) is 4.05. The van der Waals surface area contributed by atoms with Gasteiger partial charge in [0, 0.05) is 41.8 Å². The molecule has 2 aliphatic heterocycles. The molecule has 3 heterocycles. The lowest BCUT2D eigenvalue weighted by molar-refractivity contribution is -0.132. The van der Waals surface area contributed by atoms with E-state index in [1.54, 1.807) is 6.08 Å². The van der Waals surface area contributed by atoms with Crippen molar-refractivity contribution in [3.8, 4) is 0 Å². The summed E-state index contributed by atoms with van der Waals surface area (Å²) < 4.78 is 1.87. The Morgan fingerprint density at radius 1 is 1.00 bits per heavy atom. The second-order valence-electron chi connectivity index (χ2n) is 9.10. The third-order valence-electron chi connectivity index (χ3n) is 6.96. The molecule has 2 saturated heterocycles. The van der Waals surface area contributed by atoms with Crippen LogP contribution in [0.1, 0.15) is 50.5 Å². The van der Waals surface area contributed by atoms with Crippen molar-refractivity contribution in [3.05, 3.63) is 41.6 Å². The van der Waals surface area contributed by atoms with Gasteiger partial charge in [-0.1, -0.05) is 37.5 Å². The number of nitrogens with one attached hydrogen (secondary N) is 1. The van der Waals surface area contributed by atoms with Gasteiger partial charge in [-0.2, -0.15) is 0 Å². The molecule has 8 heteroatoms. The molecular weight excluding hydrogens is 420 g/mol. The minimum Gasteiger partial charge on any atom is -0.341 e. The van der Waals surface area contributed by atoms with Crippen molar-refractivity contribution in [1.82, 2.24) is 19.7 Å². The number of carbonyl (C=O) groups excluding carboxylic acids is 4. The minimum atomic E-state index is -0.679. The van der Waals surface area contributed by atoms with Crippen molar-refractivity contribution in [2.75, 3.05) is 13.1 Å². The zero-order valence-electron chi connectivity index (χ0n) is 18.6. The molecule has 0 atom stereocenters. The van der Waals surface area contributed by atoms with Crippen molar-refractivity contribution in [3.63, 3.8) is 0 Å². The summed E-state index contributed by atoms with van der Waals surface area (Å²) in [5, 5.41) is 3.19. The van der Waals surface area contributed by atoms with E-state index in [0.717, 1.165) is 68.9 Å². The molecular formula is C25H28N4O4. The fourth-order valence-electron chi connectivity index (χ4n) is 5.23. The summed E-state index contributed by atoms with van der Waals surface area (Å²) in [6.45, 7) is 1.78. The predicted octanol–water partition coefficient (Wildman–Crippen LogP) is 3.06. The first-order chi connectivity index (χ1) is 16.0.